The normalized spacial score (nSPS) is 16.4. The number of nitrogens with one attached hydrogen (secondary N) is 1. The zero-order valence-corrected chi connectivity index (χ0v) is 20.4. The van der Waals surface area contributed by atoms with Crippen LogP contribution in [0.3, 0.4) is 0 Å². The monoisotopic (exact) mass is 483 g/mol. The molecule has 1 saturated heterocycles. The number of methoxy groups -OCH3 is 1. The topological polar surface area (TPSA) is 100 Å². The molecule has 1 saturated carbocycles. The summed E-state index contributed by atoms with van der Waals surface area (Å²) in [5.74, 6) is 2.02. The van der Waals surface area contributed by atoms with Crippen molar-refractivity contribution in [1.29, 1.82) is 0 Å². The highest BCUT2D eigenvalue weighted by Gasteiger charge is 2.34. The van der Waals surface area contributed by atoms with Crippen LogP contribution in [-0.2, 0) is 17.8 Å². The molecular formula is C27H29N7O2. The zero-order chi connectivity index (χ0) is 24.5. The van der Waals surface area contributed by atoms with Crippen LogP contribution in [-0.4, -0.2) is 73.9 Å². The Morgan fingerprint density at radius 3 is 2.75 bits per heavy atom. The van der Waals surface area contributed by atoms with Gasteiger partial charge in [-0.05, 0) is 42.7 Å². The van der Waals surface area contributed by atoms with Crippen LogP contribution in [0.2, 0.25) is 0 Å². The number of hydrogen-bond acceptors (Lipinski definition) is 7. The molecule has 3 aromatic heterocycles. The molecule has 2 fully saturated rings. The Morgan fingerprint density at radius 2 is 1.94 bits per heavy atom. The molecule has 4 aromatic rings. The van der Waals surface area contributed by atoms with E-state index in [0.29, 0.717) is 24.1 Å². The molecule has 6 rings (SSSR count). The number of rotatable bonds is 7. The molecule has 0 atom stereocenters. The van der Waals surface area contributed by atoms with E-state index >= 15 is 0 Å². The third kappa shape index (κ3) is 4.92. The van der Waals surface area contributed by atoms with Crippen molar-refractivity contribution in [3.05, 3.63) is 66.0 Å². The van der Waals surface area contributed by atoms with Gasteiger partial charge in [-0.2, -0.15) is 0 Å². The lowest BCUT2D eigenvalue weighted by molar-refractivity contribution is -0.134. The van der Waals surface area contributed by atoms with Crippen LogP contribution >= 0.6 is 0 Å². The van der Waals surface area contributed by atoms with Crippen molar-refractivity contribution in [2.75, 3.05) is 33.3 Å². The predicted octanol–water partition coefficient (Wildman–Crippen LogP) is 3.07. The molecule has 4 heterocycles. The van der Waals surface area contributed by atoms with Crippen molar-refractivity contribution >= 4 is 16.9 Å². The Kier molecular flexibility index (Phi) is 6.06. The van der Waals surface area contributed by atoms with Crippen molar-refractivity contribution in [2.45, 2.75) is 25.8 Å². The molecule has 0 bridgehead atoms. The fourth-order valence-electron chi connectivity index (χ4n) is 4.76. The number of piperazine rings is 1. The molecule has 184 valence electrons. The highest BCUT2D eigenvalue weighted by atomic mass is 16.5. The first-order chi connectivity index (χ1) is 17.6. The van der Waals surface area contributed by atoms with Crippen molar-refractivity contribution in [3.63, 3.8) is 0 Å². The van der Waals surface area contributed by atoms with E-state index in [4.69, 9.17) is 9.72 Å². The van der Waals surface area contributed by atoms with E-state index in [-0.39, 0.29) is 0 Å². The molecule has 0 spiro atoms. The number of benzene rings is 1. The quantitative estimate of drug-likeness (QED) is 0.431. The Labute approximate surface area is 209 Å². The number of aromatic amines is 1. The number of ether oxygens (including phenoxy) is 1. The molecule has 9 nitrogen and oxygen atoms in total. The van der Waals surface area contributed by atoms with Crippen LogP contribution in [0, 0.1) is 5.92 Å². The average molecular weight is 484 g/mol. The van der Waals surface area contributed by atoms with Crippen molar-refractivity contribution in [1.82, 2.24) is 34.7 Å². The van der Waals surface area contributed by atoms with E-state index in [9.17, 15) is 4.79 Å². The van der Waals surface area contributed by atoms with Gasteiger partial charge in [-0.25, -0.2) is 9.97 Å². The Bertz CT molecular complexity index is 1390. The number of hydrogen-bond donors (Lipinski definition) is 1. The van der Waals surface area contributed by atoms with Crippen LogP contribution in [0.1, 0.15) is 29.9 Å². The molecule has 0 radical (unpaired) electrons. The molecule has 0 unspecified atom stereocenters. The van der Waals surface area contributed by atoms with E-state index < -0.39 is 0 Å². The fraction of sp³-hybridized carbons (Fsp3) is 0.370. The molecule has 2 aliphatic rings. The summed E-state index contributed by atoms with van der Waals surface area (Å²) < 4.78 is 5.20. The van der Waals surface area contributed by atoms with E-state index in [1.54, 1.807) is 19.5 Å². The lowest BCUT2D eigenvalue weighted by Gasteiger charge is -2.35. The number of amides is 1. The number of imidazole rings is 1. The number of pyridine rings is 1. The van der Waals surface area contributed by atoms with Crippen molar-refractivity contribution < 1.29 is 9.53 Å². The maximum Gasteiger partial charge on any atom is 0.232 e. The number of H-pyrrole nitrogens is 1. The summed E-state index contributed by atoms with van der Waals surface area (Å²) in [6, 6.07) is 10.3. The third-order valence-corrected chi connectivity index (χ3v) is 6.89. The summed E-state index contributed by atoms with van der Waals surface area (Å²) in [5, 5.41) is 0. The van der Waals surface area contributed by atoms with Crippen LogP contribution < -0.4 is 4.74 Å². The molecule has 9 heteroatoms. The molecule has 1 aromatic carbocycles. The number of carbonyl (C=O) groups excluding carboxylic acids is 1. The molecule has 1 amide bonds. The summed E-state index contributed by atoms with van der Waals surface area (Å²) in [4.78, 5) is 38.2. The SMILES string of the molecule is COc1cncc(-c2ccc3nc(Cc4cc(CN5CCN(C(=O)C6CC6)CC5)ccn4)[nH]c3c2)n1. The summed E-state index contributed by atoms with van der Waals surface area (Å²) >= 11 is 0. The van der Waals surface area contributed by atoms with Gasteiger partial charge >= 0.3 is 0 Å². The lowest BCUT2D eigenvalue weighted by atomic mass is 10.1. The second-order valence-electron chi connectivity index (χ2n) is 9.57. The van der Waals surface area contributed by atoms with E-state index in [1.807, 2.05) is 29.3 Å². The zero-order valence-electron chi connectivity index (χ0n) is 20.4. The minimum Gasteiger partial charge on any atom is -0.480 e. The average Bonchev–Trinajstić information content (AvgIpc) is 3.68. The first kappa shape index (κ1) is 22.6. The minimum absolute atomic E-state index is 0.305. The van der Waals surface area contributed by atoms with Gasteiger partial charge in [0.15, 0.2) is 0 Å². The van der Waals surface area contributed by atoms with Gasteiger partial charge in [-0.1, -0.05) is 6.07 Å². The number of aromatic nitrogens is 5. The standard InChI is InChI=1S/C27H29N7O2/c1-36-26-16-28-15-24(32-26)20-4-5-22-23(13-20)31-25(30-22)14-21-12-18(6-7-29-21)17-33-8-10-34(11-9-33)27(35)19-2-3-19/h4-7,12-13,15-16,19H,2-3,8-11,14,17H2,1H3,(H,30,31). The van der Waals surface area contributed by atoms with E-state index in [2.05, 4.69) is 37.0 Å². The van der Waals surface area contributed by atoms with Gasteiger partial charge in [0.25, 0.3) is 0 Å². The molecule has 1 aliphatic heterocycles. The van der Waals surface area contributed by atoms with Crippen molar-refractivity contribution in [3.8, 4) is 17.1 Å². The molecule has 1 aliphatic carbocycles. The highest BCUT2D eigenvalue weighted by Crippen LogP contribution is 2.31. The fourth-order valence-corrected chi connectivity index (χ4v) is 4.76. The Hall–Kier alpha value is -3.85. The van der Waals surface area contributed by atoms with Gasteiger partial charge in [0.2, 0.25) is 11.8 Å². The predicted molar refractivity (Wildman–Crippen MR) is 135 cm³/mol. The van der Waals surface area contributed by atoms with Gasteiger partial charge in [-0.15, -0.1) is 0 Å². The van der Waals surface area contributed by atoms with Gasteiger partial charge in [0.05, 0.1) is 36.2 Å². The molecule has 1 N–H and O–H groups in total. The number of nitrogens with zero attached hydrogens (tertiary/aromatic N) is 6. The van der Waals surface area contributed by atoms with Crippen LogP contribution in [0.4, 0.5) is 0 Å². The molecule has 36 heavy (non-hydrogen) atoms. The lowest BCUT2D eigenvalue weighted by Crippen LogP contribution is -2.48. The van der Waals surface area contributed by atoms with Gasteiger partial charge in [0, 0.05) is 62.5 Å². The van der Waals surface area contributed by atoms with Gasteiger partial charge in [0.1, 0.15) is 5.82 Å². The van der Waals surface area contributed by atoms with Crippen LogP contribution in [0.5, 0.6) is 5.88 Å². The summed E-state index contributed by atoms with van der Waals surface area (Å²) in [7, 11) is 1.58. The summed E-state index contributed by atoms with van der Waals surface area (Å²) in [5.41, 5.74) is 5.76. The summed E-state index contributed by atoms with van der Waals surface area (Å²) in [6.45, 7) is 4.36. The smallest absolute Gasteiger partial charge is 0.232 e. The number of fused-ring (bicyclic) bond motifs is 1. The third-order valence-electron chi connectivity index (χ3n) is 6.89. The summed E-state index contributed by atoms with van der Waals surface area (Å²) in [6.07, 6.45) is 7.96. The van der Waals surface area contributed by atoms with Gasteiger partial charge in [-0.3, -0.25) is 19.7 Å². The largest absolute Gasteiger partial charge is 0.480 e. The second kappa shape index (κ2) is 9.66. The van der Waals surface area contributed by atoms with Crippen molar-refractivity contribution in [2.24, 2.45) is 5.92 Å². The highest BCUT2D eigenvalue weighted by molar-refractivity contribution is 5.81. The van der Waals surface area contributed by atoms with E-state index in [0.717, 1.165) is 79.4 Å². The minimum atomic E-state index is 0.305. The first-order valence-electron chi connectivity index (χ1n) is 12.4. The van der Waals surface area contributed by atoms with Crippen LogP contribution in [0.15, 0.2) is 48.9 Å². The molecular weight excluding hydrogens is 454 g/mol. The maximum absolute atomic E-state index is 12.3. The van der Waals surface area contributed by atoms with E-state index in [1.165, 1.54) is 5.56 Å². The first-order valence-corrected chi connectivity index (χ1v) is 12.4. The maximum atomic E-state index is 12.3. The number of carbonyl (C=O) groups is 1. The second-order valence-corrected chi connectivity index (χ2v) is 9.57. The van der Waals surface area contributed by atoms with Crippen LogP contribution in [0.25, 0.3) is 22.3 Å². The van der Waals surface area contributed by atoms with Gasteiger partial charge < -0.3 is 14.6 Å². The Balaban J connectivity index is 1.11. The Morgan fingerprint density at radius 1 is 1.08 bits per heavy atom.